The Bertz CT molecular complexity index is 531. The Kier molecular flexibility index (Phi) is 4.91. The van der Waals surface area contributed by atoms with E-state index in [9.17, 15) is 31.1 Å². The Balaban J connectivity index is 3.36. The summed E-state index contributed by atoms with van der Waals surface area (Å²) in [5.74, 6) is -0.801. The predicted molar refractivity (Wildman–Crippen MR) is 61.5 cm³/mol. The SMILES string of the molecule is CCOC(=O)Cc1cc(C)c(C(F)(F)F)c(C(F)(F)F)c1. The second-order valence-electron chi connectivity index (χ2n) is 4.31. The van der Waals surface area contributed by atoms with Gasteiger partial charge in [-0.2, -0.15) is 26.3 Å². The summed E-state index contributed by atoms with van der Waals surface area (Å²) >= 11 is 0. The molecule has 0 aliphatic carbocycles. The third-order valence-corrected chi connectivity index (χ3v) is 2.64. The fourth-order valence-corrected chi connectivity index (χ4v) is 1.94. The first-order valence-electron chi connectivity index (χ1n) is 5.90. The van der Waals surface area contributed by atoms with Gasteiger partial charge in [0, 0.05) is 0 Å². The summed E-state index contributed by atoms with van der Waals surface area (Å²) in [7, 11) is 0. The normalized spacial score (nSPS) is 12.4. The van der Waals surface area contributed by atoms with E-state index >= 15 is 0 Å². The van der Waals surface area contributed by atoms with Crippen LogP contribution in [0.4, 0.5) is 26.3 Å². The van der Waals surface area contributed by atoms with E-state index in [-0.39, 0.29) is 12.2 Å². The number of halogens is 6. The third-order valence-electron chi connectivity index (χ3n) is 2.64. The van der Waals surface area contributed by atoms with Gasteiger partial charge < -0.3 is 4.74 Å². The quantitative estimate of drug-likeness (QED) is 0.619. The van der Waals surface area contributed by atoms with E-state index in [1.54, 1.807) is 0 Å². The van der Waals surface area contributed by atoms with Crippen molar-refractivity contribution >= 4 is 5.97 Å². The summed E-state index contributed by atoms with van der Waals surface area (Å²) < 4.78 is 81.3. The Morgan fingerprint density at radius 3 is 2.10 bits per heavy atom. The lowest BCUT2D eigenvalue weighted by molar-refractivity contribution is -0.162. The van der Waals surface area contributed by atoms with Gasteiger partial charge in [-0.05, 0) is 31.0 Å². The molecule has 0 bridgehead atoms. The molecule has 8 heteroatoms. The van der Waals surface area contributed by atoms with E-state index in [0.717, 1.165) is 13.0 Å². The van der Waals surface area contributed by atoms with Crippen molar-refractivity contribution in [3.05, 3.63) is 34.4 Å². The molecule has 0 heterocycles. The van der Waals surface area contributed by atoms with E-state index in [4.69, 9.17) is 0 Å². The van der Waals surface area contributed by atoms with Gasteiger partial charge in [-0.25, -0.2) is 0 Å². The van der Waals surface area contributed by atoms with Crippen LogP contribution in [-0.2, 0) is 28.3 Å². The number of esters is 1. The first-order chi connectivity index (χ1) is 9.46. The molecule has 0 aliphatic rings. The molecule has 0 aliphatic heterocycles. The largest absolute Gasteiger partial charge is 0.466 e. The average molecular weight is 314 g/mol. The van der Waals surface area contributed by atoms with Crippen molar-refractivity contribution in [3.8, 4) is 0 Å². The van der Waals surface area contributed by atoms with Crippen molar-refractivity contribution in [3.63, 3.8) is 0 Å². The number of hydrogen-bond donors (Lipinski definition) is 0. The number of rotatable bonds is 3. The van der Waals surface area contributed by atoms with Crippen LogP contribution < -0.4 is 0 Å². The lowest BCUT2D eigenvalue weighted by Gasteiger charge is -2.19. The Morgan fingerprint density at radius 2 is 1.67 bits per heavy atom. The van der Waals surface area contributed by atoms with Crippen molar-refractivity contribution in [2.24, 2.45) is 0 Å². The first kappa shape index (κ1) is 17.3. The highest BCUT2D eigenvalue weighted by Gasteiger charge is 2.44. The molecule has 21 heavy (non-hydrogen) atoms. The number of aryl methyl sites for hydroxylation is 1. The first-order valence-corrected chi connectivity index (χ1v) is 5.90. The molecule has 0 amide bonds. The minimum atomic E-state index is -5.17. The number of carbonyl (C=O) groups excluding carboxylic acids is 1. The fourth-order valence-electron chi connectivity index (χ4n) is 1.94. The van der Waals surface area contributed by atoms with Crippen LogP contribution in [-0.4, -0.2) is 12.6 Å². The zero-order chi connectivity index (χ0) is 16.4. The van der Waals surface area contributed by atoms with Crippen molar-refractivity contribution in [1.82, 2.24) is 0 Å². The maximum absolute atomic E-state index is 12.8. The van der Waals surface area contributed by atoms with E-state index in [1.807, 2.05) is 0 Å². The molecule has 0 fully saturated rings. The lowest BCUT2D eigenvalue weighted by atomic mass is 9.96. The highest BCUT2D eigenvalue weighted by atomic mass is 19.4. The highest BCUT2D eigenvalue weighted by Crippen LogP contribution is 2.42. The summed E-state index contributed by atoms with van der Waals surface area (Å²) in [6.45, 7) is 2.47. The number of alkyl halides is 6. The highest BCUT2D eigenvalue weighted by molar-refractivity contribution is 5.72. The molecule has 0 radical (unpaired) electrons. The number of hydrogen-bond acceptors (Lipinski definition) is 2. The Labute approximate surface area is 116 Å². The molecule has 0 N–H and O–H groups in total. The van der Waals surface area contributed by atoms with Crippen molar-refractivity contribution < 1.29 is 35.9 Å². The maximum Gasteiger partial charge on any atom is 0.417 e. The van der Waals surface area contributed by atoms with Gasteiger partial charge in [0.05, 0.1) is 24.2 Å². The van der Waals surface area contributed by atoms with Gasteiger partial charge in [0.25, 0.3) is 0 Å². The molecular formula is C13H12F6O2. The zero-order valence-corrected chi connectivity index (χ0v) is 11.2. The van der Waals surface area contributed by atoms with Crippen LogP contribution in [0, 0.1) is 6.92 Å². The lowest BCUT2D eigenvalue weighted by Crippen LogP contribution is -2.19. The summed E-state index contributed by atoms with van der Waals surface area (Å²) in [4.78, 5) is 11.2. The summed E-state index contributed by atoms with van der Waals surface area (Å²) in [6, 6.07) is 1.25. The van der Waals surface area contributed by atoms with E-state index < -0.39 is 41.4 Å². The third kappa shape index (κ3) is 4.37. The Morgan fingerprint density at radius 1 is 1.10 bits per heavy atom. The van der Waals surface area contributed by atoms with Gasteiger partial charge in [0.2, 0.25) is 0 Å². The van der Waals surface area contributed by atoms with Gasteiger partial charge in [-0.1, -0.05) is 6.07 Å². The fraction of sp³-hybridized carbons (Fsp3) is 0.462. The second-order valence-corrected chi connectivity index (χ2v) is 4.31. The van der Waals surface area contributed by atoms with Crippen molar-refractivity contribution in [2.75, 3.05) is 6.61 Å². The predicted octanol–water partition coefficient (Wildman–Crippen LogP) is 4.14. The van der Waals surface area contributed by atoms with E-state index in [1.165, 1.54) is 6.92 Å². The monoisotopic (exact) mass is 314 g/mol. The summed E-state index contributed by atoms with van der Waals surface area (Å²) in [5, 5.41) is 0. The molecule has 0 saturated carbocycles. The van der Waals surface area contributed by atoms with E-state index in [0.29, 0.717) is 6.07 Å². The molecule has 0 unspecified atom stereocenters. The van der Waals surface area contributed by atoms with E-state index in [2.05, 4.69) is 4.74 Å². The molecule has 0 atom stereocenters. The van der Waals surface area contributed by atoms with Gasteiger partial charge in [0.1, 0.15) is 0 Å². The van der Waals surface area contributed by atoms with Crippen LogP contribution >= 0.6 is 0 Å². The molecule has 0 aromatic heterocycles. The maximum atomic E-state index is 12.8. The minimum absolute atomic E-state index is 0.0323. The molecule has 1 aromatic carbocycles. The zero-order valence-electron chi connectivity index (χ0n) is 11.2. The minimum Gasteiger partial charge on any atom is -0.466 e. The van der Waals surface area contributed by atoms with Crippen LogP contribution in [0.3, 0.4) is 0 Å². The van der Waals surface area contributed by atoms with Gasteiger partial charge in [-0.3, -0.25) is 4.79 Å². The smallest absolute Gasteiger partial charge is 0.417 e. The van der Waals surface area contributed by atoms with Crippen LogP contribution in [0.15, 0.2) is 12.1 Å². The van der Waals surface area contributed by atoms with Gasteiger partial charge in [0.15, 0.2) is 0 Å². The van der Waals surface area contributed by atoms with Crippen molar-refractivity contribution in [2.45, 2.75) is 32.6 Å². The molecule has 1 aromatic rings. The summed E-state index contributed by atoms with van der Waals surface area (Å²) in [5.41, 5.74) is -4.29. The number of benzene rings is 1. The van der Waals surface area contributed by atoms with Crippen LogP contribution in [0.2, 0.25) is 0 Å². The number of carbonyl (C=O) groups is 1. The summed E-state index contributed by atoms with van der Waals surface area (Å²) in [6.07, 6.45) is -10.8. The average Bonchev–Trinajstić information content (AvgIpc) is 2.24. The molecule has 118 valence electrons. The van der Waals surface area contributed by atoms with Gasteiger partial charge in [-0.15, -0.1) is 0 Å². The molecule has 0 spiro atoms. The van der Waals surface area contributed by atoms with Crippen LogP contribution in [0.25, 0.3) is 0 Å². The van der Waals surface area contributed by atoms with Crippen molar-refractivity contribution in [1.29, 1.82) is 0 Å². The topological polar surface area (TPSA) is 26.3 Å². The van der Waals surface area contributed by atoms with Gasteiger partial charge >= 0.3 is 18.3 Å². The Hall–Kier alpha value is -1.73. The molecule has 2 nitrogen and oxygen atoms in total. The molecular weight excluding hydrogens is 302 g/mol. The molecule has 1 rings (SSSR count). The second kappa shape index (κ2) is 5.95. The number of ether oxygens (including phenoxy) is 1. The van der Waals surface area contributed by atoms with Crippen LogP contribution in [0.1, 0.15) is 29.2 Å². The van der Waals surface area contributed by atoms with Crippen LogP contribution in [0.5, 0.6) is 0 Å². The standard InChI is InChI=1S/C13H12F6O2/c1-3-21-10(20)6-8-4-7(2)11(13(17,18)19)9(5-8)12(14,15)16/h4-5H,3,6H2,1-2H3. The molecule has 0 saturated heterocycles.